The molecule has 4 heterocycles. The fourth-order valence-electron chi connectivity index (χ4n) is 5.68. The van der Waals surface area contributed by atoms with Crippen molar-refractivity contribution in [2.45, 2.75) is 25.8 Å². The lowest BCUT2D eigenvalue weighted by molar-refractivity contribution is 0.319. The normalized spacial score (nSPS) is 22.8. The molecule has 0 bridgehead atoms. The van der Waals surface area contributed by atoms with Gasteiger partial charge in [0.1, 0.15) is 5.82 Å². The van der Waals surface area contributed by atoms with Gasteiger partial charge in [-0.25, -0.2) is 0 Å². The van der Waals surface area contributed by atoms with Crippen LogP contribution in [0, 0.1) is 0 Å². The number of hydrogen-bond acceptors (Lipinski definition) is 4. The number of likely N-dealkylation sites (N-methyl/N-ethyl adjacent to an activating group) is 1. The zero-order valence-corrected chi connectivity index (χ0v) is 20.3. The number of rotatable bonds is 4. The van der Waals surface area contributed by atoms with Crippen LogP contribution in [0.5, 0.6) is 0 Å². The predicted octanol–water partition coefficient (Wildman–Crippen LogP) is 4.80. The van der Waals surface area contributed by atoms with Crippen molar-refractivity contribution in [3.05, 3.63) is 106 Å². The molecule has 0 aromatic heterocycles. The van der Waals surface area contributed by atoms with E-state index < -0.39 is 0 Å². The Morgan fingerprint density at radius 3 is 2.56 bits per heavy atom. The van der Waals surface area contributed by atoms with Gasteiger partial charge in [0.15, 0.2) is 0 Å². The largest absolute Gasteiger partial charge is 0.356 e. The van der Waals surface area contributed by atoms with Gasteiger partial charge in [-0.15, -0.1) is 0 Å². The molecule has 0 radical (unpaired) electrons. The van der Waals surface area contributed by atoms with Crippen molar-refractivity contribution in [3.8, 4) is 0 Å². The monoisotopic (exact) mass is 450 g/mol. The van der Waals surface area contributed by atoms with E-state index >= 15 is 0 Å². The van der Waals surface area contributed by atoms with Crippen LogP contribution >= 0.6 is 0 Å². The number of nitrogens with one attached hydrogen (secondary N) is 1. The van der Waals surface area contributed by atoms with Crippen LogP contribution in [0.15, 0.2) is 95.0 Å². The van der Waals surface area contributed by atoms with E-state index in [1.54, 1.807) is 0 Å². The molecule has 4 aliphatic rings. The maximum atomic E-state index is 3.61. The summed E-state index contributed by atoms with van der Waals surface area (Å²) in [6.07, 6.45) is 8.97. The van der Waals surface area contributed by atoms with Crippen molar-refractivity contribution in [2.75, 3.05) is 44.7 Å². The van der Waals surface area contributed by atoms with E-state index in [1.807, 2.05) is 0 Å². The second-order valence-corrected chi connectivity index (χ2v) is 9.91. The minimum absolute atomic E-state index is 0.440. The molecule has 0 amide bonds. The van der Waals surface area contributed by atoms with Crippen molar-refractivity contribution in [3.63, 3.8) is 0 Å². The summed E-state index contributed by atoms with van der Waals surface area (Å²) >= 11 is 0. The number of anilines is 1. The Hall–Kier alpha value is -3.08. The van der Waals surface area contributed by atoms with Crippen molar-refractivity contribution in [1.82, 2.24) is 15.1 Å². The van der Waals surface area contributed by atoms with Crippen LogP contribution in [-0.2, 0) is 6.42 Å². The van der Waals surface area contributed by atoms with Gasteiger partial charge >= 0.3 is 0 Å². The highest BCUT2D eigenvalue weighted by atomic mass is 15.4. The Balaban J connectivity index is 1.58. The molecule has 2 aromatic carbocycles. The zero-order valence-electron chi connectivity index (χ0n) is 20.3. The summed E-state index contributed by atoms with van der Waals surface area (Å²) in [5, 5.41) is 3.61. The first kappa shape index (κ1) is 21.5. The number of benzene rings is 2. The summed E-state index contributed by atoms with van der Waals surface area (Å²) in [4.78, 5) is 7.72. The Morgan fingerprint density at radius 2 is 1.74 bits per heavy atom. The van der Waals surface area contributed by atoms with Crippen molar-refractivity contribution < 1.29 is 0 Å². The molecule has 174 valence electrons. The number of nitrogens with zero attached hydrogens (tertiary/aromatic N) is 3. The summed E-state index contributed by atoms with van der Waals surface area (Å²) in [5.74, 6) is 1.38. The first-order valence-electron chi connectivity index (χ1n) is 12.6. The van der Waals surface area contributed by atoms with Crippen LogP contribution in [0.1, 0.15) is 24.5 Å². The van der Waals surface area contributed by atoms with Gasteiger partial charge in [-0.1, -0.05) is 60.7 Å². The summed E-state index contributed by atoms with van der Waals surface area (Å²) < 4.78 is 0. The van der Waals surface area contributed by atoms with Gasteiger partial charge in [0.05, 0.1) is 11.4 Å². The average molecular weight is 451 g/mol. The lowest BCUT2D eigenvalue weighted by Crippen LogP contribution is -2.42. The lowest BCUT2D eigenvalue weighted by atomic mass is 9.87. The standard InChI is InChI=1S/C30H34N4/c1-22-25(20-23-10-4-3-5-11-23)30(33-17-9-16-32(2)18-19-33)34-27-14-7-6-12-24(27)13-8-15-28(34)29(22)26-21-31-26/h3-8,10-15,26,31H,9,16-21H2,1-2H3. The maximum Gasteiger partial charge on any atom is 0.117 e. The molecule has 4 heteroatoms. The molecule has 4 aliphatic heterocycles. The van der Waals surface area contributed by atoms with Crippen LogP contribution < -0.4 is 10.2 Å². The Labute approximate surface area is 203 Å². The molecule has 6 rings (SSSR count). The van der Waals surface area contributed by atoms with E-state index in [-0.39, 0.29) is 0 Å². The van der Waals surface area contributed by atoms with E-state index in [0.29, 0.717) is 6.04 Å². The highest BCUT2D eigenvalue weighted by molar-refractivity contribution is 5.80. The topological polar surface area (TPSA) is 31.7 Å². The molecule has 2 saturated heterocycles. The van der Waals surface area contributed by atoms with Crippen molar-refractivity contribution in [2.24, 2.45) is 0 Å². The highest BCUT2D eigenvalue weighted by Crippen LogP contribution is 2.45. The second kappa shape index (κ2) is 8.94. The number of fused-ring (bicyclic) bond motifs is 3. The van der Waals surface area contributed by atoms with Gasteiger partial charge in [0.25, 0.3) is 0 Å². The SMILES string of the molecule is CC1=C(C2CN2)C2=CC=Cc3ccccc3N2C(N2CCCN(C)CC2)=C1Cc1ccccc1. The summed E-state index contributed by atoms with van der Waals surface area (Å²) in [7, 11) is 2.25. The highest BCUT2D eigenvalue weighted by Gasteiger charge is 2.40. The van der Waals surface area contributed by atoms with Crippen LogP contribution in [0.25, 0.3) is 6.08 Å². The second-order valence-electron chi connectivity index (χ2n) is 9.91. The Kier molecular flexibility index (Phi) is 5.64. The molecule has 0 saturated carbocycles. The minimum atomic E-state index is 0.440. The molecule has 0 aliphatic carbocycles. The van der Waals surface area contributed by atoms with Gasteiger partial charge < -0.3 is 15.1 Å². The molecule has 1 atom stereocenters. The number of allylic oxidation sites excluding steroid dienone is 4. The first-order valence-corrected chi connectivity index (χ1v) is 12.6. The van der Waals surface area contributed by atoms with Gasteiger partial charge in [0.2, 0.25) is 0 Å². The van der Waals surface area contributed by atoms with Crippen LogP contribution in [0.3, 0.4) is 0 Å². The summed E-state index contributed by atoms with van der Waals surface area (Å²) in [6, 6.07) is 20.3. The molecule has 0 spiro atoms. The van der Waals surface area contributed by atoms with Crippen LogP contribution in [0.2, 0.25) is 0 Å². The predicted molar refractivity (Wildman–Crippen MR) is 141 cm³/mol. The third-order valence-corrected chi connectivity index (χ3v) is 7.56. The first-order chi connectivity index (χ1) is 16.7. The molecule has 2 aromatic rings. The fraction of sp³-hybridized carbons (Fsp3) is 0.333. The smallest absolute Gasteiger partial charge is 0.117 e. The lowest BCUT2D eigenvalue weighted by Gasteiger charge is -2.43. The maximum absolute atomic E-state index is 3.61. The summed E-state index contributed by atoms with van der Waals surface area (Å²) in [5.41, 5.74) is 9.64. The third-order valence-electron chi connectivity index (χ3n) is 7.56. The quantitative estimate of drug-likeness (QED) is 0.679. The van der Waals surface area contributed by atoms with E-state index in [1.165, 1.54) is 51.5 Å². The molecular weight excluding hydrogens is 416 g/mol. The van der Waals surface area contributed by atoms with E-state index in [0.717, 1.165) is 39.1 Å². The molecule has 34 heavy (non-hydrogen) atoms. The van der Waals surface area contributed by atoms with Gasteiger partial charge in [-0.05, 0) is 61.4 Å². The van der Waals surface area contributed by atoms with Crippen molar-refractivity contribution >= 4 is 11.8 Å². The van der Waals surface area contributed by atoms with Crippen molar-refractivity contribution in [1.29, 1.82) is 0 Å². The Morgan fingerprint density at radius 1 is 0.941 bits per heavy atom. The zero-order chi connectivity index (χ0) is 23.1. The number of para-hydroxylation sites is 1. The van der Waals surface area contributed by atoms with Crippen LogP contribution in [-0.4, -0.2) is 55.6 Å². The van der Waals surface area contributed by atoms with Gasteiger partial charge in [0, 0.05) is 44.2 Å². The van der Waals surface area contributed by atoms with E-state index in [9.17, 15) is 0 Å². The number of hydrogen-bond donors (Lipinski definition) is 1. The van der Waals surface area contributed by atoms with Gasteiger partial charge in [-0.2, -0.15) is 0 Å². The van der Waals surface area contributed by atoms with Gasteiger partial charge in [-0.3, -0.25) is 4.90 Å². The van der Waals surface area contributed by atoms with Crippen LogP contribution in [0.4, 0.5) is 5.69 Å². The molecular formula is C30H34N4. The third kappa shape index (κ3) is 3.91. The molecule has 1 N–H and O–H groups in total. The molecule has 2 fully saturated rings. The average Bonchev–Trinajstić information content (AvgIpc) is 3.71. The molecule has 1 unspecified atom stereocenters. The molecule has 4 nitrogen and oxygen atoms in total. The van der Waals surface area contributed by atoms with E-state index in [4.69, 9.17) is 0 Å². The fourth-order valence-corrected chi connectivity index (χ4v) is 5.68. The Bertz CT molecular complexity index is 1200. The van der Waals surface area contributed by atoms with E-state index in [2.05, 4.69) is 107 Å². The minimum Gasteiger partial charge on any atom is -0.356 e. The summed E-state index contributed by atoms with van der Waals surface area (Å²) in [6.45, 7) is 7.80.